The van der Waals surface area contributed by atoms with Crippen LogP contribution in [0.4, 0.5) is 0 Å². The third-order valence-corrected chi connectivity index (χ3v) is 7.38. The Labute approximate surface area is 195 Å². The van der Waals surface area contributed by atoms with Gasteiger partial charge in [0.25, 0.3) is 5.91 Å². The highest BCUT2D eigenvalue weighted by Crippen LogP contribution is 2.24. The van der Waals surface area contributed by atoms with Crippen LogP contribution in [0.2, 0.25) is 0 Å². The van der Waals surface area contributed by atoms with Crippen molar-refractivity contribution in [3.8, 4) is 0 Å². The lowest BCUT2D eigenvalue weighted by molar-refractivity contribution is 0.0618. The topological polar surface area (TPSA) is 55.5 Å². The summed E-state index contributed by atoms with van der Waals surface area (Å²) in [6, 6.07) is 8.63. The molecule has 32 heavy (non-hydrogen) atoms. The number of para-hydroxylation sites is 1. The Morgan fingerprint density at radius 1 is 1.25 bits per heavy atom. The molecule has 1 aliphatic heterocycles. The van der Waals surface area contributed by atoms with E-state index in [4.69, 9.17) is 0 Å². The quantitative estimate of drug-likeness (QED) is 0.502. The second-order valence-electron chi connectivity index (χ2n) is 8.87. The molecule has 3 heterocycles. The summed E-state index contributed by atoms with van der Waals surface area (Å²) >= 11 is 1.44. The zero-order chi connectivity index (χ0) is 22.3. The lowest BCUT2D eigenvalue weighted by Crippen LogP contribution is -2.49. The smallest absolute Gasteiger partial charge is 0.265 e. The number of aromatic nitrogens is 2. The van der Waals surface area contributed by atoms with Gasteiger partial charge in [-0.2, -0.15) is 0 Å². The highest BCUT2D eigenvalue weighted by atomic mass is 32.1. The van der Waals surface area contributed by atoms with Crippen molar-refractivity contribution in [3.63, 3.8) is 0 Å². The van der Waals surface area contributed by atoms with Crippen LogP contribution in [-0.4, -0.2) is 82.9 Å². The van der Waals surface area contributed by atoms with E-state index in [2.05, 4.69) is 69.1 Å². The SMILES string of the molecule is CCCCC(Cc1c[nH]c2ccccc12)N(CCN1CCN(C)CC1)C(=O)c1cncs1. The van der Waals surface area contributed by atoms with E-state index in [1.165, 1.54) is 22.3 Å². The number of rotatable bonds is 10. The molecule has 0 spiro atoms. The first-order chi connectivity index (χ1) is 15.7. The van der Waals surface area contributed by atoms with Crippen molar-refractivity contribution in [2.75, 3.05) is 46.3 Å². The molecule has 1 aliphatic rings. The van der Waals surface area contributed by atoms with E-state index in [1.54, 1.807) is 11.7 Å². The lowest BCUT2D eigenvalue weighted by atomic mass is 9.98. The molecule has 1 fully saturated rings. The Hall–Kier alpha value is -2.22. The Morgan fingerprint density at radius 2 is 2.06 bits per heavy atom. The van der Waals surface area contributed by atoms with E-state index >= 15 is 0 Å². The van der Waals surface area contributed by atoms with Gasteiger partial charge < -0.3 is 14.8 Å². The van der Waals surface area contributed by atoms with Crippen molar-refractivity contribution in [1.82, 2.24) is 24.7 Å². The Bertz CT molecular complexity index is 977. The molecule has 1 amide bonds. The van der Waals surface area contributed by atoms with Gasteiger partial charge in [-0.25, -0.2) is 0 Å². The van der Waals surface area contributed by atoms with Gasteiger partial charge in [0.05, 0.1) is 11.7 Å². The number of nitrogens with one attached hydrogen (secondary N) is 1. The summed E-state index contributed by atoms with van der Waals surface area (Å²) in [5.74, 6) is 0.127. The molecule has 0 aliphatic carbocycles. The summed E-state index contributed by atoms with van der Waals surface area (Å²) < 4.78 is 0. The number of H-pyrrole nitrogens is 1. The van der Waals surface area contributed by atoms with Gasteiger partial charge >= 0.3 is 0 Å². The van der Waals surface area contributed by atoms with E-state index in [0.29, 0.717) is 0 Å². The molecule has 7 heteroatoms. The van der Waals surface area contributed by atoms with Crippen LogP contribution < -0.4 is 0 Å². The van der Waals surface area contributed by atoms with Gasteiger partial charge in [-0.3, -0.25) is 14.7 Å². The van der Waals surface area contributed by atoms with E-state index in [9.17, 15) is 4.79 Å². The fraction of sp³-hybridized carbons (Fsp3) is 0.520. The number of carbonyl (C=O) groups is 1. The van der Waals surface area contributed by atoms with Crippen molar-refractivity contribution in [2.45, 2.75) is 38.6 Å². The maximum absolute atomic E-state index is 13.6. The third-order valence-electron chi connectivity index (χ3n) is 6.62. The van der Waals surface area contributed by atoms with Crippen LogP contribution in [0.3, 0.4) is 0 Å². The van der Waals surface area contributed by atoms with E-state index in [0.717, 1.165) is 75.3 Å². The minimum atomic E-state index is 0.127. The van der Waals surface area contributed by atoms with Crippen LogP contribution in [0, 0.1) is 0 Å². The zero-order valence-electron chi connectivity index (χ0n) is 19.3. The van der Waals surface area contributed by atoms with Crippen molar-refractivity contribution in [2.24, 2.45) is 0 Å². The number of piperazine rings is 1. The largest absolute Gasteiger partial charge is 0.361 e. The molecular weight excluding hydrogens is 418 g/mol. The van der Waals surface area contributed by atoms with Crippen LogP contribution in [-0.2, 0) is 6.42 Å². The number of likely N-dealkylation sites (N-methyl/N-ethyl adjacent to an activating group) is 1. The number of aromatic amines is 1. The minimum absolute atomic E-state index is 0.127. The molecule has 3 aromatic rings. The Morgan fingerprint density at radius 3 is 2.81 bits per heavy atom. The second kappa shape index (κ2) is 11.1. The van der Waals surface area contributed by atoms with Crippen molar-refractivity contribution in [3.05, 3.63) is 52.6 Å². The summed E-state index contributed by atoms with van der Waals surface area (Å²) in [5.41, 5.74) is 4.21. The third kappa shape index (κ3) is 5.57. The Balaban J connectivity index is 1.56. The molecule has 4 rings (SSSR count). The number of fused-ring (bicyclic) bond motifs is 1. The van der Waals surface area contributed by atoms with E-state index in [1.807, 2.05) is 0 Å². The molecule has 1 aromatic carbocycles. The maximum Gasteiger partial charge on any atom is 0.265 e. The molecule has 1 unspecified atom stereocenters. The fourth-order valence-electron chi connectivity index (χ4n) is 4.60. The first-order valence-electron chi connectivity index (χ1n) is 11.8. The number of hydrogen-bond donors (Lipinski definition) is 1. The number of carbonyl (C=O) groups excluding carboxylic acids is 1. The van der Waals surface area contributed by atoms with Crippen LogP contribution in [0.25, 0.3) is 10.9 Å². The summed E-state index contributed by atoms with van der Waals surface area (Å²) in [5, 5.41) is 1.26. The van der Waals surface area contributed by atoms with Gasteiger partial charge in [0.2, 0.25) is 0 Å². The molecule has 1 saturated heterocycles. The van der Waals surface area contributed by atoms with E-state index < -0.39 is 0 Å². The van der Waals surface area contributed by atoms with Gasteiger partial charge in [0, 0.05) is 62.4 Å². The van der Waals surface area contributed by atoms with Gasteiger partial charge in [-0.15, -0.1) is 11.3 Å². The number of nitrogens with zero attached hydrogens (tertiary/aromatic N) is 4. The average molecular weight is 454 g/mol. The van der Waals surface area contributed by atoms with E-state index in [-0.39, 0.29) is 11.9 Å². The molecule has 0 radical (unpaired) electrons. The van der Waals surface area contributed by atoms with Crippen LogP contribution in [0.15, 0.2) is 42.2 Å². The maximum atomic E-state index is 13.6. The van der Waals surface area contributed by atoms with Crippen molar-refractivity contribution < 1.29 is 4.79 Å². The van der Waals surface area contributed by atoms with Gasteiger partial charge in [0.1, 0.15) is 4.88 Å². The normalized spacial score (nSPS) is 16.4. The average Bonchev–Trinajstić information content (AvgIpc) is 3.49. The van der Waals surface area contributed by atoms with Crippen molar-refractivity contribution >= 4 is 28.1 Å². The number of benzene rings is 1. The van der Waals surface area contributed by atoms with Gasteiger partial charge in [0.15, 0.2) is 0 Å². The molecule has 6 nitrogen and oxygen atoms in total. The van der Waals surface area contributed by atoms with Gasteiger partial charge in [-0.05, 0) is 31.5 Å². The van der Waals surface area contributed by atoms with Gasteiger partial charge in [-0.1, -0.05) is 38.0 Å². The van der Waals surface area contributed by atoms with Crippen LogP contribution >= 0.6 is 11.3 Å². The first kappa shape index (κ1) is 23.0. The zero-order valence-corrected chi connectivity index (χ0v) is 20.1. The number of thiazole rings is 1. The molecule has 2 aromatic heterocycles. The summed E-state index contributed by atoms with van der Waals surface area (Å²) in [4.78, 5) is 28.9. The second-order valence-corrected chi connectivity index (χ2v) is 9.76. The number of amides is 1. The molecule has 1 atom stereocenters. The van der Waals surface area contributed by atoms with Crippen LogP contribution in [0.5, 0.6) is 0 Å². The van der Waals surface area contributed by atoms with Crippen molar-refractivity contribution in [1.29, 1.82) is 0 Å². The highest BCUT2D eigenvalue weighted by molar-refractivity contribution is 7.11. The predicted molar refractivity (Wildman–Crippen MR) is 132 cm³/mol. The molecular formula is C25H35N5OS. The summed E-state index contributed by atoms with van der Waals surface area (Å²) in [6.07, 6.45) is 7.98. The first-order valence-corrected chi connectivity index (χ1v) is 12.7. The minimum Gasteiger partial charge on any atom is -0.361 e. The summed E-state index contributed by atoms with van der Waals surface area (Å²) in [6.45, 7) is 8.24. The number of unbranched alkanes of at least 4 members (excludes halogenated alkanes) is 1. The fourth-order valence-corrected chi connectivity index (χ4v) is 5.17. The molecule has 1 N–H and O–H groups in total. The number of hydrogen-bond acceptors (Lipinski definition) is 5. The predicted octanol–water partition coefficient (Wildman–Crippen LogP) is 4.12. The Kier molecular flexibility index (Phi) is 7.95. The highest BCUT2D eigenvalue weighted by Gasteiger charge is 2.27. The molecule has 172 valence electrons. The monoisotopic (exact) mass is 453 g/mol. The lowest BCUT2D eigenvalue weighted by Gasteiger charge is -2.36. The molecule has 0 saturated carbocycles. The molecule has 0 bridgehead atoms. The summed E-state index contributed by atoms with van der Waals surface area (Å²) in [7, 11) is 2.18. The van der Waals surface area contributed by atoms with Crippen LogP contribution in [0.1, 0.15) is 41.4 Å². The standard InChI is InChI=1S/C25H35N5OS/c1-3-4-7-21(16-20-17-27-23-9-6-5-8-22(20)23)30(25(31)24-18-26-19-32-24)15-14-29-12-10-28(2)11-13-29/h5-6,8-9,17-19,21,27H,3-4,7,10-16H2,1-2H3.